The molecular formula is C15H12O3. The van der Waals surface area contributed by atoms with E-state index in [1.165, 1.54) is 18.2 Å². The molecule has 1 N–H and O–H groups in total. The third-order valence-electron chi connectivity index (χ3n) is 2.51. The monoisotopic (exact) mass is 240 g/mol. The molecule has 0 atom stereocenters. The van der Waals surface area contributed by atoms with E-state index in [9.17, 15) is 9.90 Å². The maximum absolute atomic E-state index is 11.9. The summed E-state index contributed by atoms with van der Waals surface area (Å²) < 4.78 is 5.60. The van der Waals surface area contributed by atoms with Crippen molar-refractivity contribution in [3.8, 4) is 5.75 Å². The first-order chi connectivity index (χ1) is 8.65. The van der Waals surface area contributed by atoms with Gasteiger partial charge in [-0.25, -0.2) is 0 Å². The van der Waals surface area contributed by atoms with Crippen LogP contribution in [0.4, 0.5) is 0 Å². The molecule has 0 radical (unpaired) electrons. The average molecular weight is 240 g/mol. The van der Waals surface area contributed by atoms with E-state index in [4.69, 9.17) is 4.42 Å². The fourth-order valence-electron chi connectivity index (χ4n) is 1.66. The Morgan fingerprint density at radius 3 is 2.72 bits per heavy atom. The topological polar surface area (TPSA) is 50.4 Å². The van der Waals surface area contributed by atoms with Crippen molar-refractivity contribution in [2.24, 2.45) is 0 Å². The van der Waals surface area contributed by atoms with Crippen LogP contribution in [0.1, 0.15) is 5.76 Å². The van der Waals surface area contributed by atoms with Gasteiger partial charge in [-0.2, -0.15) is 0 Å². The van der Waals surface area contributed by atoms with Crippen LogP contribution < -0.4 is 5.43 Å². The first-order valence-corrected chi connectivity index (χ1v) is 5.38. The zero-order chi connectivity index (χ0) is 13.1. The zero-order valence-corrected chi connectivity index (χ0v) is 9.72. The number of hydrogen-bond donors (Lipinski definition) is 1. The van der Waals surface area contributed by atoms with Crippen LogP contribution in [-0.4, -0.2) is 5.11 Å². The number of phenols is 1. The molecule has 0 aliphatic heterocycles. The molecule has 0 saturated heterocycles. The van der Waals surface area contributed by atoms with Crippen molar-refractivity contribution in [3.05, 3.63) is 71.6 Å². The minimum atomic E-state index is -0.209. The molecule has 0 spiro atoms. The second-order valence-electron chi connectivity index (χ2n) is 3.72. The van der Waals surface area contributed by atoms with Crippen LogP contribution in [0.15, 0.2) is 64.9 Å². The van der Waals surface area contributed by atoms with Gasteiger partial charge >= 0.3 is 0 Å². The van der Waals surface area contributed by atoms with Crippen LogP contribution in [0, 0.1) is 0 Å². The molecule has 0 aliphatic rings. The lowest BCUT2D eigenvalue weighted by Crippen LogP contribution is -2.01. The first-order valence-electron chi connectivity index (χ1n) is 5.38. The Hall–Kier alpha value is -2.55. The summed E-state index contributed by atoms with van der Waals surface area (Å²) in [6.07, 6.45) is 4.89. The van der Waals surface area contributed by atoms with Gasteiger partial charge in [-0.05, 0) is 18.2 Å². The average Bonchev–Trinajstić information content (AvgIpc) is 2.36. The van der Waals surface area contributed by atoms with Crippen molar-refractivity contribution in [1.29, 1.82) is 0 Å². The van der Waals surface area contributed by atoms with Crippen LogP contribution in [0.5, 0.6) is 5.75 Å². The summed E-state index contributed by atoms with van der Waals surface area (Å²) in [5.41, 5.74) is 0.892. The molecule has 0 amide bonds. The van der Waals surface area contributed by atoms with Crippen molar-refractivity contribution in [2.75, 3.05) is 0 Å². The summed E-state index contributed by atoms with van der Waals surface area (Å²) in [4.78, 5) is 11.9. The summed E-state index contributed by atoms with van der Waals surface area (Å²) in [6, 6.07) is 5.79. The number of allylic oxidation sites excluding steroid dienone is 4. The van der Waals surface area contributed by atoms with Crippen LogP contribution in [0.3, 0.4) is 0 Å². The van der Waals surface area contributed by atoms with E-state index in [0.717, 1.165) is 0 Å². The fourth-order valence-corrected chi connectivity index (χ4v) is 1.66. The Morgan fingerprint density at radius 1 is 1.28 bits per heavy atom. The molecule has 3 heteroatoms. The van der Waals surface area contributed by atoms with Crippen LogP contribution >= 0.6 is 0 Å². The van der Waals surface area contributed by atoms with Gasteiger partial charge in [0.05, 0.1) is 5.39 Å². The van der Waals surface area contributed by atoms with Crippen LogP contribution in [-0.2, 0) is 0 Å². The van der Waals surface area contributed by atoms with Crippen LogP contribution in [0.2, 0.25) is 0 Å². The second-order valence-corrected chi connectivity index (χ2v) is 3.72. The molecule has 0 aliphatic carbocycles. The number of phenolic OH excluding ortho intramolecular Hbond substituents is 1. The highest BCUT2D eigenvalue weighted by Gasteiger charge is 2.07. The largest absolute Gasteiger partial charge is 0.508 e. The molecule has 1 heterocycles. The van der Waals surface area contributed by atoms with Gasteiger partial charge in [0.25, 0.3) is 0 Å². The number of benzene rings is 1. The Morgan fingerprint density at radius 2 is 2.06 bits per heavy atom. The van der Waals surface area contributed by atoms with Gasteiger partial charge in [-0.1, -0.05) is 31.4 Å². The molecular weight excluding hydrogens is 228 g/mol. The second kappa shape index (κ2) is 4.75. The molecule has 1 aromatic carbocycles. The number of rotatable bonds is 3. The standard InChI is InChI=1S/C15H12O3/c1-3-5-10(4-2)15-9-13(17)12-8-11(16)6-7-14(12)18-15/h3-9,16H,1-2H2/b10-5+. The van der Waals surface area contributed by atoms with Gasteiger partial charge in [-0.3, -0.25) is 4.79 Å². The van der Waals surface area contributed by atoms with E-state index in [1.807, 2.05) is 0 Å². The van der Waals surface area contributed by atoms with Crippen LogP contribution in [0.25, 0.3) is 16.5 Å². The highest BCUT2D eigenvalue weighted by atomic mass is 16.3. The lowest BCUT2D eigenvalue weighted by Gasteiger charge is -2.03. The van der Waals surface area contributed by atoms with Crippen molar-refractivity contribution in [3.63, 3.8) is 0 Å². The Balaban J connectivity index is 2.73. The van der Waals surface area contributed by atoms with Crippen molar-refractivity contribution in [2.45, 2.75) is 0 Å². The quantitative estimate of drug-likeness (QED) is 0.838. The minimum absolute atomic E-state index is 0.0353. The molecule has 18 heavy (non-hydrogen) atoms. The van der Waals surface area contributed by atoms with E-state index in [-0.39, 0.29) is 11.2 Å². The van der Waals surface area contributed by atoms with E-state index < -0.39 is 0 Å². The van der Waals surface area contributed by atoms with Gasteiger partial charge in [-0.15, -0.1) is 0 Å². The van der Waals surface area contributed by atoms with E-state index in [2.05, 4.69) is 13.2 Å². The molecule has 3 nitrogen and oxygen atoms in total. The van der Waals surface area contributed by atoms with E-state index in [1.54, 1.807) is 24.3 Å². The Labute approximate surface area is 104 Å². The predicted octanol–water partition coefficient (Wildman–Crippen LogP) is 3.25. The number of fused-ring (bicyclic) bond motifs is 1. The summed E-state index contributed by atoms with van der Waals surface area (Å²) in [5, 5.41) is 9.69. The molecule has 0 bridgehead atoms. The first kappa shape index (κ1) is 11.9. The molecule has 0 saturated carbocycles. The summed E-state index contributed by atoms with van der Waals surface area (Å²) in [5.74, 6) is 0.459. The lowest BCUT2D eigenvalue weighted by atomic mass is 10.1. The molecule has 0 unspecified atom stereocenters. The highest BCUT2D eigenvalue weighted by molar-refractivity contribution is 5.81. The van der Waals surface area contributed by atoms with Gasteiger partial charge in [0.1, 0.15) is 17.1 Å². The van der Waals surface area contributed by atoms with E-state index in [0.29, 0.717) is 22.3 Å². The summed E-state index contributed by atoms with van der Waals surface area (Å²) in [6.45, 7) is 7.26. The lowest BCUT2D eigenvalue weighted by molar-refractivity contribution is 0.475. The molecule has 1 aromatic heterocycles. The van der Waals surface area contributed by atoms with Gasteiger partial charge in [0.15, 0.2) is 5.43 Å². The summed E-state index contributed by atoms with van der Waals surface area (Å²) >= 11 is 0. The number of hydrogen-bond acceptors (Lipinski definition) is 3. The predicted molar refractivity (Wildman–Crippen MR) is 72.5 cm³/mol. The fraction of sp³-hybridized carbons (Fsp3) is 0. The molecule has 2 aromatic rings. The van der Waals surface area contributed by atoms with Crippen molar-refractivity contribution < 1.29 is 9.52 Å². The number of aromatic hydroxyl groups is 1. The SMILES string of the molecule is C=C/C=C(\C=C)c1cc(=O)c2cc(O)ccc2o1. The maximum Gasteiger partial charge on any atom is 0.193 e. The molecule has 90 valence electrons. The van der Waals surface area contributed by atoms with Gasteiger partial charge in [0.2, 0.25) is 0 Å². The van der Waals surface area contributed by atoms with Crippen molar-refractivity contribution in [1.82, 2.24) is 0 Å². The molecule has 2 rings (SSSR count). The molecule has 0 fully saturated rings. The third kappa shape index (κ3) is 2.11. The Bertz CT molecular complexity index is 705. The zero-order valence-electron chi connectivity index (χ0n) is 9.72. The Kier molecular flexibility index (Phi) is 3.15. The normalized spacial score (nSPS) is 11.4. The summed E-state index contributed by atoms with van der Waals surface area (Å²) in [7, 11) is 0. The van der Waals surface area contributed by atoms with Gasteiger partial charge in [0, 0.05) is 11.6 Å². The van der Waals surface area contributed by atoms with Gasteiger partial charge < -0.3 is 9.52 Å². The van der Waals surface area contributed by atoms with E-state index >= 15 is 0 Å². The third-order valence-corrected chi connectivity index (χ3v) is 2.51. The smallest absolute Gasteiger partial charge is 0.193 e. The maximum atomic E-state index is 11.9. The minimum Gasteiger partial charge on any atom is -0.508 e. The highest BCUT2D eigenvalue weighted by Crippen LogP contribution is 2.22. The van der Waals surface area contributed by atoms with Crippen molar-refractivity contribution >= 4 is 16.5 Å².